The minimum absolute atomic E-state index is 0.0328. The van der Waals surface area contributed by atoms with E-state index in [2.05, 4.69) is 53.5 Å². The standard InChI is InChI=1S/C27H30N8O2/c1-18-29-23(17-37-18)24(36)14-19-2-4-20(5-3-19)16-34-10-12-35(13-11-34)27-28-9-8-25(31-27)30-26-15-22(32-33-26)21-6-7-21/h2-5,8-9,15,17,21H,6-7,10-14,16H2,1H3,(H2,28,30,31,32,33). The summed E-state index contributed by atoms with van der Waals surface area (Å²) in [5.74, 6) is 3.38. The lowest BCUT2D eigenvalue weighted by Gasteiger charge is -2.34. The van der Waals surface area contributed by atoms with E-state index < -0.39 is 0 Å². The van der Waals surface area contributed by atoms with Crippen LogP contribution < -0.4 is 10.2 Å². The third kappa shape index (κ3) is 5.69. The second-order valence-corrected chi connectivity index (χ2v) is 9.78. The quantitative estimate of drug-likeness (QED) is 0.332. The maximum atomic E-state index is 12.4. The van der Waals surface area contributed by atoms with Crippen molar-refractivity contribution < 1.29 is 9.21 Å². The van der Waals surface area contributed by atoms with E-state index in [0.717, 1.165) is 55.9 Å². The fraction of sp³-hybridized carbons (Fsp3) is 0.370. The van der Waals surface area contributed by atoms with Crippen molar-refractivity contribution in [2.75, 3.05) is 36.4 Å². The van der Waals surface area contributed by atoms with Crippen LogP contribution in [-0.2, 0) is 13.0 Å². The average Bonchev–Trinajstić information content (AvgIpc) is 3.51. The molecule has 37 heavy (non-hydrogen) atoms. The van der Waals surface area contributed by atoms with Crippen LogP contribution >= 0.6 is 0 Å². The Hall–Kier alpha value is -4.05. The molecule has 2 fully saturated rings. The predicted octanol–water partition coefficient (Wildman–Crippen LogP) is 3.86. The van der Waals surface area contributed by atoms with Gasteiger partial charge < -0.3 is 14.6 Å². The highest BCUT2D eigenvalue weighted by atomic mass is 16.3. The summed E-state index contributed by atoms with van der Waals surface area (Å²) in [4.78, 5) is 30.4. The number of rotatable bonds is 9. The zero-order valence-corrected chi connectivity index (χ0v) is 20.9. The highest BCUT2D eigenvalue weighted by Crippen LogP contribution is 2.39. The molecule has 0 unspecified atom stereocenters. The number of H-pyrrole nitrogens is 1. The Morgan fingerprint density at radius 3 is 2.57 bits per heavy atom. The zero-order valence-electron chi connectivity index (χ0n) is 20.9. The number of ketones is 1. The summed E-state index contributed by atoms with van der Waals surface area (Å²) < 4.78 is 5.15. The van der Waals surface area contributed by atoms with E-state index in [0.29, 0.717) is 23.9 Å². The fourth-order valence-electron chi connectivity index (χ4n) is 4.60. The highest BCUT2D eigenvalue weighted by molar-refractivity contribution is 5.95. The SMILES string of the molecule is Cc1nc(C(=O)Cc2ccc(CN3CCN(c4nccc(Nc5cc(C6CC6)[nH]n5)n4)CC3)cc2)co1. The first kappa shape index (κ1) is 23.4. The van der Waals surface area contributed by atoms with Gasteiger partial charge in [-0.3, -0.25) is 14.8 Å². The summed E-state index contributed by atoms with van der Waals surface area (Å²) in [6.45, 7) is 6.19. The molecule has 1 aliphatic heterocycles. The summed E-state index contributed by atoms with van der Waals surface area (Å²) in [6.07, 6.45) is 6.01. The van der Waals surface area contributed by atoms with E-state index in [1.165, 1.54) is 30.4 Å². The van der Waals surface area contributed by atoms with Crippen LogP contribution in [0.5, 0.6) is 0 Å². The van der Waals surface area contributed by atoms with Gasteiger partial charge >= 0.3 is 0 Å². The Kier molecular flexibility index (Phi) is 6.40. The number of nitrogens with zero attached hydrogens (tertiary/aromatic N) is 6. The van der Waals surface area contributed by atoms with Gasteiger partial charge in [-0.05, 0) is 30.0 Å². The van der Waals surface area contributed by atoms with Crippen molar-refractivity contribution in [1.82, 2.24) is 30.0 Å². The third-order valence-electron chi connectivity index (χ3n) is 6.87. The number of carbonyl (C=O) groups excluding carboxylic acids is 1. The van der Waals surface area contributed by atoms with Gasteiger partial charge in [0.25, 0.3) is 0 Å². The molecule has 1 saturated carbocycles. The molecule has 4 aromatic rings. The lowest BCUT2D eigenvalue weighted by molar-refractivity contribution is 0.0988. The maximum Gasteiger partial charge on any atom is 0.227 e. The minimum atomic E-state index is -0.0328. The largest absolute Gasteiger partial charge is 0.449 e. The number of benzene rings is 1. The molecule has 1 aliphatic carbocycles. The van der Waals surface area contributed by atoms with Crippen molar-refractivity contribution in [1.29, 1.82) is 0 Å². The smallest absolute Gasteiger partial charge is 0.227 e. The first-order valence-corrected chi connectivity index (χ1v) is 12.7. The number of carbonyl (C=O) groups is 1. The molecule has 6 rings (SSSR count). The maximum absolute atomic E-state index is 12.4. The number of aromatic nitrogens is 5. The molecule has 2 N–H and O–H groups in total. The summed E-state index contributed by atoms with van der Waals surface area (Å²) in [5, 5.41) is 10.8. The molecule has 0 atom stereocenters. The van der Waals surface area contributed by atoms with E-state index in [4.69, 9.17) is 9.40 Å². The van der Waals surface area contributed by atoms with Crippen LogP contribution in [0.3, 0.4) is 0 Å². The van der Waals surface area contributed by atoms with Gasteiger partial charge in [0, 0.05) is 69.9 Å². The van der Waals surface area contributed by atoms with Crippen molar-refractivity contribution >= 4 is 23.4 Å². The van der Waals surface area contributed by atoms with E-state index in [1.54, 1.807) is 13.1 Å². The number of nitrogens with one attached hydrogen (secondary N) is 2. The van der Waals surface area contributed by atoms with E-state index >= 15 is 0 Å². The van der Waals surface area contributed by atoms with Crippen LogP contribution in [0.15, 0.2) is 53.3 Å². The van der Waals surface area contributed by atoms with Crippen LogP contribution in [0.25, 0.3) is 0 Å². The topological polar surface area (TPSA) is 116 Å². The van der Waals surface area contributed by atoms with Crippen LogP contribution in [0.4, 0.5) is 17.6 Å². The molecule has 190 valence electrons. The van der Waals surface area contributed by atoms with E-state index in [1.807, 2.05) is 18.2 Å². The lowest BCUT2D eigenvalue weighted by Crippen LogP contribution is -2.46. The molecule has 0 amide bonds. The van der Waals surface area contributed by atoms with Gasteiger partial charge in [-0.15, -0.1) is 0 Å². The Balaban J connectivity index is 0.996. The molecule has 0 bridgehead atoms. The molecular weight excluding hydrogens is 468 g/mol. The van der Waals surface area contributed by atoms with Crippen LogP contribution in [0.1, 0.15) is 52.0 Å². The van der Waals surface area contributed by atoms with Gasteiger partial charge in [-0.2, -0.15) is 10.1 Å². The van der Waals surface area contributed by atoms with Crippen molar-refractivity contribution in [3.63, 3.8) is 0 Å². The molecule has 3 aromatic heterocycles. The summed E-state index contributed by atoms with van der Waals surface area (Å²) in [5.41, 5.74) is 3.78. The van der Waals surface area contributed by atoms with Crippen LogP contribution in [0.2, 0.25) is 0 Å². The Morgan fingerprint density at radius 2 is 1.84 bits per heavy atom. The fourth-order valence-corrected chi connectivity index (χ4v) is 4.60. The first-order chi connectivity index (χ1) is 18.1. The van der Waals surface area contributed by atoms with Crippen molar-refractivity contribution in [2.45, 2.75) is 38.6 Å². The molecular formula is C27H30N8O2. The molecule has 10 heteroatoms. The number of hydrogen-bond acceptors (Lipinski definition) is 9. The van der Waals surface area contributed by atoms with Crippen LogP contribution in [0, 0.1) is 6.92 Å². The third-order valence-corrected chi connectivity index (χ3v) is 6.87. The van der Waals surface area contributed by atoms with E-state index in [9.17, 15) is 4.79 Å². The molecule has 2 aliphatic rings. The van der Waals surface area contributed by atoms with Crippen molar-refractivity contribution in [3.8, 4) is 0 Å². The number of anilines is 3. The molecule has 0 spiro atoms. The zero-order chi connectivity index (χ0) is 25.2. The van der Waals surface area contributed by atoms with Gasteiger partial charge in [0.2, 0.25) is 5.95 Å². The summed E-state index contributed by atoms with van der Waals surface area (Å²) in [6, 6.07) is 12.2. The summed E-state index contributed by atoms with van der Waals surface area (Å²) in [7, 11) is 0. The van der Waals surface area contributed by atoms with Gasteiger partial charge in [-0.25, -0.2) is 9.97 Å². The van der Waals surface area contributed by atoms with Crippen molar-refractivity contribution in [3.05, 3.63) is 77.3 Å². The normalized spacial score (nSPS) is 16.2. The van der Waals surface area contributed by atoms with Gasteiger partial charge in [-0.1, -0.05) is 24.3 Å². The number of hydrogen-bond donors (Lipinski definition) is 2. The molecule has 4 heterocycles. The highest BCUT2D eigenvalue weighted by Gasteiger charge is 2.25. The van der Waals surface area contributed by atoms with Crippen LogP contribution in [-0.4, -0.2) is 62.0 Å². The Labute approximate surface area is 215 Å². The number of aromatic amines is 1. The monoisotopic (exact) mass is 498 g/mol. The second-order valence-electron chi connectivity index (χ2n) is 9.78. The Morgan fingerprint density at radius 1 is 1.05 bits per heavy atom. The van der Waals surface area contributed by atoms with Crippen molar-refractivity contribution in [2.24, 2.45) is 0 Å². The average molecular weight is 499 g/mol. The molecule has 0 radical (unpaired) electrons. The number of piperazine rings is 1. The minimum Gasteiger partial charge on any atom is -0.449 e. The number of oxazole rings is 1. The molecule has 10 nitrogen and oxygen atoms in total. The summed E-state index contributed by atoms with van der Waals surface area (Å²) >= 11 is 0. The lowest BCUT2D eigenvalue weighted by atomic mass is 10.1. The number of Topliss-reactive ketones (excluding diaryl/α,β-unsaturated/α-hetero) is 1. The van der Waals surface area contributed by atoms with Gasteiger partial charge in [0.15, 0.2) is 17.5 Å². The number of aryl methyl sites for hydroxylation is 1. The predicted molar refractivity (Wildman–Crippen MR) is 139 cm³/mol. The Bertz CT molecular complexity index is 1370. The second kappa shape index (κ2) is 10.1. The van der Waals surface area contributed by atoms with E-state index in [-0.39, 0.29) is 5.78 Å². The molecule has 1 saturated heterocycles. The van der Waals surface area contributed by atoms with Gasteiger partial charge in [0.05, 0.1) is 0 Å². The molecule has 1 aromatic carbocycles. The van der Waals surface area contributed by atoms with Gasteiger partial charge in [0.1, 0.15) is 17.8 Å². The first-order valence-electron chi connectivity index (χ1n) is 12.7.